The van der Waals surface area contributed by atoms with E-state index in [1.807, 2.05) is 24.3 Å². The van der Waals surface area contributed by atoms with Crippen molar-refractivity contribution in [3.63, 3.8) is 0 Å². The van der Waals surface area contributed by atoms with E-state index in [1.165, 1.54) is 6.20 Å². The van der Waals surface area contributed by atoms with Crippen LogP contribution in [0.25, 0.3) is 11.3 Å². The zero-order valence-electron chi connectivity index (χ0n) is 12.0. The van der Waals surface area contributed by atoms with E-state index in [4.69, 9.17) is 4.52 Å². The second kappa shape index (κ2) is 6.17. The highest BCUT2D eigenvalue weighted by molar-refractivity contribution is 5.94. The largest absolute Gasteiger partial charge is 0.361 e. The molecule has 0 aliphatic rings. The maximum atomic E-state index is 12.1. The van der Waals surface area contributed by atoms with Crippen molar-refractivity contribution >= 4 is 5.91 Å². The first-order valence-electron chi connectivity index (χ1n) is 6.79. The molecule has 3 aromatic heterocycles. The summed E-state index contributed by atoms with van der Waals surface area (Å²) >= 11 is 0. The summed E-state index contributed by atoms with van der Waals surface area (Å²) in [6.45, 7) is 2.07. The van der Waals surface area contributed by atoms with E-state index in [0.29, 0.717) is 17.9 Å². The van der Waals surface area contributed by atoms with Crippen molar-refractivity contribution in [2.75, 3.05) is 0 Å². The van der Waals surface area contributed by atoms with Crippen LogP contribution in [0.3, 0.4) is 0 Å². The molecule has 1 N–H and O–H groups in total. The Morgan fingerprint density at radius 3 is 2.77 bits per heavy atom. The van der Waals surface area contributed by atoms with E-state index in [-0.39, 0.29) is 5.91 Å². The van der Waals surface area contributed by atoms with Gasteiger partial charge in [-0.2, -0.15) is 0 Å². The number of carbonyl (C=O) groups is 1. The summed E-state index contributed by atoms with van der Waals surface area (Å²) in [5, 5.41) is 6.47. The van der Waals surface area contributed by atoms with Gasteiger partial charge in [0.25, 0.3) is 5.91 Å². The van der Waals surface area contributed by atoms with Crippen LogP contribution >= 0.6 is 0 Å². The van der Waals surface area contributed by atoms with Crippen molar-refractivity contribution in [3.8, 4) is 11.3 Å². The van der Waals surface area contributed by atoms with E-state index in [2.05, 4.69) is 20.4 Å². The number of nitrogens with one attached hydrogen (secondary N) is 1. The molecule has 0 fully saturated rings. The van der Waals surface area contributed by atoms with Gasteiger partial charge in [-0.3, -0.25) is 14.8 Å². The van der Waals surface area contributed by atoms with Crippen LogP contribution in [0.4, 0.5) is 0 Å². The van der Waals surface area contributed by atoms with Gasteiger partial charge >= 0.3 is 0 Å². The van der Waals surface area contributed by atoms with Crippen molar-refractivity contribution in [3.05, 3.63) is 65.9 Å². The predicted molar refractivity (Wildman–Crippen MR) is 79.9 cm³/mol. The van der Waals surface area contributed by atoms with E-state index in [9.17, 15) is 4.79 Å². The van der Waals surface area contributed by atoms with Crippen molar-refractivity contribution in [1.82, 2.24) is 20.4 Å². The molecule has 0 atom stereocenters. The first-order valence-corrected chi connectivity index (χ1v) is 6.79. The molecule has 0 aromatic carbocycles. The van der Waals surface area contributed by atoms with E-state index >= 15 is 0 Å². The van der Waals surface area contributed by atoms with Crippen molar-refractivity contribution < 1.29 is 9.32 Å². The van der Waals surface area contributed by atoms with Gasteiger partial charge in [0.2, 0.25) is 0 Å². The molecule has 0 bridgehead atoms. The molecule has 110 valence electrons. The Hall–Kier alpha value is -3.02. The standard InChI is InChI=1S/C16H14N4O2/c1-11-14(10-20-22-11)16(21)19-9-13-3-2-6-18-15(13)12-4-7-17-8-5-12/h2-8,10H,9H2,1H3,(H,19,21). The Balaban J connectivity index is 1.79. The maximum absolute atomic E-state index is 12.1. The molecule has 1 amide bonds. The summed E-state index contributed by atoms with van der Waals surface area (Å²) in [4.78, 5) is 20.5. The first-order chi connectivity index (χ1) is 10.8. The topological polar surface area (TPSA) is 80.9 Å². The molecular formula is C16H14N4O2. The Kier molecular flexibility index (Phi) is 3.91. The summed E-state index contributed by atoms with van der Waals surface area (Å²) in [5.41, 5.74) is 3.15. The molecule has 0 unspecified atom stereocenters. The van der Waals surface area contributed by atoms with Gasteiger partial charge in [-0.25, -0.2) is 0 Å². The number of amides is 1. The van der Waals surface area contributed by atoms with Gasteiger partial charge in [-0.1, -0.05) is 11.2 Å². The van der Waals surface area contributed by atoms with Gasteiger partial charge in [0.05, 0.1) is 11.9 Å². The molecule has 22 heavy (non-hydrogen) atoms. The summed E-state index contributed by atoms with van der Waals surface area (Å²) in [6, 6.07) is 7.55. The lowest BCUT2D eigenvalue weighted by molar-refractivity contribution is 0.0949. The molecule has 3 rings (SSSR count). The molecule has 0 aliphatic heterocycles. The minimum atomic E-state index is -0.219. The Morgan fingerprint density at radius 2 is 2.05 bits per heavy atom. The smallest absolute Gasteiger partial charge is 0.256 e. The molecule has 0 saturated carbocycles. The highest BCUT2D eigenvalue weighted by Crippen LogP contribution is 2.20. The quantitative estimate of drug-likeness (QED) is 0.799. The third kappa shape index (κ3) is 2.85. The van der Waals surface area contributed by atoms with Crippen LogP contribution in [-0.2, 0) is 6.54 Å². The fourth-order valence-electron chi connectivity index (χ4n) is 2.14. The van der Waals surface area contributed by atoms with Crippen LogP contribution in [0.1, 0.15) is 21.7 Å². The number of aromatic nitrogens is 3. The molecule has 6 heteroatoms. The zero-order valence-corrected chi connectivity index (χ0v) is 12.0. The summed E-state index contributed by atoms with van der Waals surface area (Å²) < 4.78 is 4.90. The molecular weight excluding hydrogens is 280 g/mol. The average molecular weight is 294 g/mol. The fourth-order valence-corrected chi connectivity index (χ4v) is 2.14. The summed E-state index contributed by atoms with van der Waals surface area (Å²) in [6.07, 6.45) is 6.57. The van der Waals surface area contributed by atoms with Crippen LogP contribution in [0.5, 0.6) is 0 Å². The van der Waals surface area contributed by atoms with Gasteiger partial charge < -0.3 is 9.84 Å². The Morgan fingerprint density at radius 1 is 1.23 bits per heavy atom. The van der Waals surface area contributed by atoms with Gasteiger partial charge in [0, 0.05) is 30.7 Å². The minimum absolute atomic E-state index is 0.219. The van der Waals surface area contributed by atoms with E-state index in [0.717, 1.165) is 16.8 Å². The predicted octanol–water partition coefficient (Wildman–Crippen LogP) is 2.37. The molecule has 0 radical (unpaired) electrons. The van der Waals surface area contributed by atoms with Crippen molar-refractivity contribution in [1.29, 1.82) is 0 Å². The molecule has 3 heterocycles. The first kappa shape index (κ1) is 13.9. The van der Waals surface area contributed by atoms with Crippen LogP contribution in [0.15, 0.2) is 53.6 Å². The number of aryl methyl sites for hydroxylation is 1. The number of rotatable bonds is 4. The minimum Gasteiger partial charge on any atom is -0.361 e. The van der Waals surface area contributed by atoms with Crippen LogP contribution in [0.2, 0.25) is 0 Å². The van der Waals surface area contributed by atoms with Gasteiger partial charge in [-0.05, 0) is 30.7 Å². The molecule has 3 aromatic rings. The van der Waals surface area contributed by atoms with Gasteiger partial charge in [-0.15, -0.1) is 0 Å². The van der Waals surface area contributed by atoms with Gasteiger partial charge in [0.1, 0.15) is 11.3 Å². The molecule has 0 saturated heterocycles. The maximum Gasteiger partial charge on any atom is 0.256 e. The average Bonchev–Trinajstić information content (AvgIpc) is 3.00. The van der Waals surface area contributed by atoms with Crippen molar-refractivity contribution in [2.45, 2.75) is 13.5 Å². The van der Waals surface area contributed by atoms with Crippen molar-refractivity contribution in [2.24, 2.45) is 0 Å². The number of nitrogens with zero attached hydrogens (tertiary/aromatic N) is 3. The summed E-state index contributed by atoms with van der Waals surface area (Å²) in [5.74, 6) is 0.279. The summed E-state index contributed by atoms with van der Waals surface area (Å²) in [7, 11) is 0. The lowest BCUT2D eigenvalue weighted by Gasteiger charge is -2.09. The number of pyridine rings is 2. The monoisotopic (exact) mass is 294 g/mol. The second-order valence-electron chi connectivity index (χ2n) is 4.73. The van der Waals surface area contributed by atoms with Crippen LogP contribution in [0, 0.1) is 6.92 Å². The number of hydrogen-bond donors (Lipinski definition) is 1. The third-order valence-corrected chi connectivity index (χ3v) is 3.28. The molecule has 0 aliphatic carbocycles. The lowest BCUT2D eigenvalue weighted by Crippen LogP contribution is -2.23. The second-order valence-corrected chi connectivity index (χ2v) is 4.73. The van der Waals surface area contributed by atoms with Gasteiger partial charge in [0.15, 0.2) is 0 Å². The van der Waals surface area contributed by atoms with E-state index < -0.39 is 0 Å². The molecule has 0 spiro atoms. The third-order valence-electron chi connectivity index (χ3n) is 3.28. The van der Waals surface area contributed by atoms with Crippen LogP contribution < -0.4 is 5.32 Å². The number of carbonyl (C=O) groups excluding carboxylic acids is 1. The highest BCUT2D eigenvalue weighted by Gasteiger charge is 2.13. The Labute approximate surface area is 127 Å². The van der Waals surface area contributed by atoms with E-state index in [1.54, 1.807) is 25.5 Å². The Bertz CT molecular complexity index is 784. The van der Waals surface area contributed by atoms with Crippen LogP contribution in [-0.4, -0.2) is 21.0 Å². The SMILES string of the molecule is Cc1oncc1C(=O)NCc1cccnc1-c1ccncc1. The fraction of sp³-hybridized carbons (Fsp3) is 0.125. The molecule has 6 nitrogen and oxygen atoms in total. The number of hydrogen-bond acceptors (Lipinski definition) is 5. The lowest BCUT2D eigenvalue weighted by atomic mass is 10.1. The highest BCUT2D eigenvalue weighted by atomic mass is 16.5. The zero-order chi connectivity index (χ0) is 15.4. The normalized spacial score (nSPS) is 10.4.